The molecule has 2 nitrogen and oxygen atoms in total. The van der Waals surface area contributed by atoms with Crippen molar-refractivity contribution < 1.29 is 0 Å². The van der Waals surface area contributed by atoms with Crippen molar-refractivity contribution in [3.63, 3.8) is 0 Å². The predicted octanol–water partition coefficient (Wildman–Crippen LogP) is 3.20. The Hall–Kier alpha value is -2.31. The van der Waals surface area contributed by atoms with Gasteiger partial charge in [-0.2, -0.15) is 0 Å². The average Bonchev–Trinajstić information content (AvgIpc) is 2.49. The molecule has 100 valence electrons. The molecule has 0 aliphatic carbocycles. The second-order valence-electron chi connectivity index (χ2n) is 4.34. The molecule has 20 heavy (non-hydrogen) atoms. The number of thiocarbonyl (C=S) groups is 1. The van der Waals surface area contributed by atoms with Crippen LogP contribution in [0.3, 0.4) is 0 Å². The van der Waals surface area contributed by atoms with Crippen LogP contribution in [0.4, 0.5) is 5.69 Å². The Morgan fingerprint density at radius 2 is 1.75 bits per heavy atom. The van der Waals surface area contributed by atoms with E-state index in [1.165, 1.54) is 5.56 Å². The molecule has 2 rings (SSSR count). The molecule has 0 aromatic heterocycles. The largest absolute Gasteiger partial charge is 0.362 e. The van der Waals surface area contributed by atoms with Gasteiger partial charge < -0.3 is 10.6 Å². The van der Waals surface area contributed by atoms with Crippen LogP contribution < -0.4 is 10.6 Å². The van der Waals surface area contributed by atoms with Gasteiger partial charge in [0, 0.05) is 17.8 Å². The first kappa shape index (κ1) is 14.1. The van der Waals surface area contributed by atoms with Crippen LogP contribution in [-0.4, -0.2) is 11.7 Å². The van der Waals surface area contributed by atoms with Gasteiger partial charge in [-0.25, -0.2) is 0 Å². The zero-order chi connectivity index (χ0) is 14.2. The fraction of sp³-hybridized carbons (Fsp3) is 0.118. The molecule has 0 aliphatic heterocycles. The molecule has 0 unspecified atom stereocenters. The van der Waals surface area contributed by atoms with Crippen molar-refractivity contribution in [1.82, 2.24) is 5.32 Å². The van der Waals surface area contributed by atoms with E-state index in [4.69, 9.17) is 18.6 Å². The molecule has 3 heteroatoms. The number of rotatable bonds is 4. The van der Waals surface area contributed by atoms with Crippen molar-refractivity contribution in [2.45, 2.75) is 6.42 Å². The van der Waals surface area contributed by atoms with Gasteiger partial charge in [0.2, 0.25) is 0 Å². The van der Waals surface area contributed by atoms with Crippen LogP contribution in [0.15, 0.2) is 54.6 Å². The van der Waals surface area contributed by atoms with Crippen LogP contribution in [0.5, 0.6) is 0 Å². The third kappa shape index (κ3) is 4.42. The lowest BCUT2D eigenvalue weighted by molar-refractivity contribution is 0.873. The van der Waals surface area contributed by atoms with Crippen molar-refractivity contribution in [2.75, 3.05) is 11.9 Å². The summed E-state index contributed by atoms with van der Waals surface area (Å²) in [5, 5.41) is 6.94. The summed E-state index contributed by atoms with van der Waals surface area (Å²) in [5.41, 5.74) is 3.08. The number of benzene rings is 2. The lowest BCUT2D eigenvalue weighted by Crippen LogP contribution is -2.30. The highest BCUT2D eigenvalue weighted by Crippen LogP contribution is 2.08. The van der Waals surface area contributed by atoms with Gasteiger partial charge in [-0.3, -0.25) is 0 Å². The Kier molecular flexibility index (Phi) is 5.16. The van der Waals surface area contributed by atoms with E-state index in [0.29, 0.717) is 5.11 Å². The number of anilines is 1. The quantitative estimate of drug-likeness (QED) is 0.664. The molecule has 0 saturated heterocycles. The van der Waals surface area contributed by atoms with E-state index < -0.39 is 0 Å². The smallest absolute Gasteiger partial charge is 0.170 e. The summed E-state index contributed by atoms with van der Waals surface area (Å²) in [6.07, 6.45) is 6.26. The minimum atomic E-state index is 0.620. The summed E-state index contributed by atoms with van der Waals surface area (Å²) in [5.74, 6) is 2.58. The summed E-state index contributed by atoms with van der Waals surface area (Å²) in [6, 6.07) is 17.9. The number of terminal acetylenes is 1. The van der Waals surface area contributed by atoms with E-state index >= 15 is 0 Å². The van der Waals surface area contributed by atoms with Crippen LogP contribution in [0.1, 0.15) is 11.1 Å². The Bertz CT molecular complexity index is 597. The summed E-state index contributed by atoms with van der Waals surface area (Å²) in [6.45, 7) is 0.804. The minimum Gasteiger partial charge on any atom is -0.362 e. The molecule has 0 atom stereocenters. The highest BCUT2D eigenvalue weighted by molar-refractivity contribution is 7.80. The van der Waals surface area contributed by atoms with Gasteiger partial charge in [-0.05, 0) is 48.5 Å². The topological polar surface area (TPSA) is 24.1 Å². The van der Waals surface area contributed by atoms with Gasteiger partial charge >= 0.3 is 0 Å². The van der Waals surface area contributed by atoms with E-state index in [0.717, 1.165) is 24.2 Å². The predicted molar refractivity (Wildman–Crippen MR) is 88.7 cm³/mol. The van der Waals surface area contributed by atoms with Crippen molar-refractivity contribution >= 4 is 23.0 Å². The maximum Gasteiger partial charge on any atom is 0.170 e. The van der Waals surface area contributed by atoms with Crippen LogP contribution in [-0.2, 0) is 6.42 Å². The number of hydrogen-bond donors (Lipinski definition) is 2. The van der Waals surface area contributed by atoms with Gasteiger partial charge in [0.1, 0.15) is 0 Å². The minimum absolute atomic E-state index is 0.620. The number of hydrogen-bond acceptors (Lipinski definition) is 1. The Morgan fingerprint density at radius 3 is 2.40 bits per heavy atom. The molecule has 0 bridgehead atoms. The molecule has 0 heterocycles. The maximum atomic E-state index is 5.31. The lowest BCUT2D eigenvalue weighted by Gasteiger charge is -2.10. The molecule has 0 radical (unpaired) electrons. The molecule has 0 spiro atoms. The van der Waals surface area contributed by atoms with Crippen molar-refractivity contribution in [2.24, 2.45) is 0 Å². The van der Waals surface area contributed by atoms with Crippen LogP contribution in [0.25, 0.3) is 0 Å². The second-order valence-corrected chi connectivity index (χ2v) is 4.75. The van der Waals surface area contributed by atoms with Gasteiger partial charge in [-0.15, -0.1) is 6.42 Å². The van der Waals surface area contributed by atoms with E-state index in [1.807, 2.05) is 42.5 Å². The first-order chi connectivity index (χ1) is 9.78. The van der Waals surface area contributed by atoms with Gasteiger partial charge in [0.15, 0.2) is 5.11 Å². The van der Waals surface area contributed by atoms with E-state index in [9.17, 15) is 0 Å². The Labute approximate surface area is 125 Å². The summed E-state index contributed by atoms with van der Waals surface area (Å²) in [7, 11) is 0. The fourth-order valence-electron chi connectivity index (χ4n) is 1.79. The van der Waals surface area contributed by atoms with E-state index in [2.05, 4.69) is 28.7 Å². The van der Waals surface area contributed by atoms with Gasteiger partial charge in [-0.1, -0.05) is 36.3 Å². The van der Waals surface area contributed by atoms with E-state index in [-0.39, 0.29) is 0 Å². The molecular formula is C17H16N2S. The summed E-state index contributed by atoms with van der Waals surface area (Å²) >= 11 is 5.25. The molecule has 0 fully saturated rings. The molecule has 2 aromatic carbocycles. The van der Waals surface area contributed by atoms with Crippen LogP contribution >= 0.6 is 12.2 Å². The van der Waals surface area contributed by atoms with Crippen LogP contribution in [0, 0.1) is 12.3 Å². The fourth-order valence-corrected chi connectivity index (χ4v) is 2.01. The molecule has 0 aliphatic rings. The lowest BCUT2D eigenvalue weighted by atomic mass is 10.1. The highest BCUT2D eigenvalue weighted by atomic mass is 32.1. The third-order valence-corrected chi connectivity index (χ3v) is 3.10. The Morgan fingerprint density at radius 1 is 1.05 bits per heavy atom. The zero-order valence-corrected chi connectivity index (χ0v) is 11.9. The summed E-state index contributed by atoms with van der Waals surface area (Å²) < 4.78 is 0. The van der Waals surface area contributed by atoms with Gasteiger partial charge in [0.25, 0.3) is 0 Å². The first-order valence-corrected chi connectivity index (χ1v) is 6.84. The summed E-state index contributed by atoms with van der Waals surface area (Å²) in [4.78, 5) is 0. The van der Waals surface area contributed by atoms with Gasteiger partial charge in [0.05, 0.1) is 0 Å². The normalized spacial score (nSPS) is 9.55. The van der Waals surface area contributed by atoms with Crippen molar-refractivity contribution in [3.8, 4) is 12.3 Å². The monoisotopic (exact) mass is 280 g/mol. The molecule has 0 saturated carbocycles. The zero-order valence-electron chi connectivity index (χ0n) is 11.1. The van der Waals surface area contributed by atoms with E-state index in [1.54, 1.807) is 0 Å². The van der Waals surface area contributed by atoms with Crippen molar-refractivity contribution in [1.29, 1.82) is 0 Å². The van der Waals surface area contributed by atoms with Crippen LogP contribution in [0.2, 0.25) is 0 Å². The molecule has 0 amide bonds. The second kappa shape index (κ2) is 7.32. The standard InChI is InChI=1S/C17H16N2S/c1-2-14-8-10-16(11-9-14)19-17(20)18-13-12-15-6-4-3-5-7-15/h1,3-11H,12-13H2,(H2,18,19,20). The number of nitrogens with one attached hydrogen (secondary N) is 2. The molecule has 2 aromatic rings. The average molecular weight is 280 g/mol. The maximum absolute atomic E-state index is 5.31. The molecular weight excluding hydrogens is 264 g/mol. The first-order valence-electron chi connectivity index (χ1n) is 6.43. The molecule has 2 N–H and O–H groups in total. The third-order valence-electron chi connectivity index (χ3n) is 2.85. The Balaban J connectivity index is 1.76. The van der Waals surface area contributed by atoms with Crippen molar-refractivity contribution in [3.05, 3.63) is 65.7 Å². The highest BCUT2D eigenvalue weighted by Gasteiger charge is 1.98. The SMILES string of the molecule is C#Cc1ccc(NC(=S)NCCc2ccccc2)cc1.